The monoisotopic (exact) mass is 106 g/mol. The summed E-state index contributed by atoms with van der Waals surface area (Å²) in [5.41, 5.74) is 0. The minimum atomic E-state index is 1.08. The van der Waals surface area contributed by atoms with E-state index >= 15 is 0 Å². The Morgan fingerprint density at radius 3 is 1.17 bits per heavy atom. The first-order chi connectivity index (χ1) is 2.83. The summed E-state index contributed by atoms with van der Waals surface area (Å²) >= 11 is 0. The molecule has 0 aliphatic carbocycles. The van der Waals surface area contributed by atoms with Crippen molar-refractivity contribution in [3.63, 3.8) is 0 Å². The molecule has 0 aliphatic rings. The van der Waals surface area contributed by atoms with Gasteiger partial charge < -0.3 is 0 Å². The van der Waals surface area contributed by atoms with Crippen LogP contribution < -0.4 is 0 Å². The van der Waals surface area contributed by atoms with Crippen molar-refractivity contribution in [2.24, 2.45) is 0 Å². The van der Waals surface area contributed by atoms with E-state index in [2.05, 4.69) is 27.2 Å². The Morgan fingerprint density at radius 2 is 1.17 bits per heavy atom. The van der Waals surface area contributed by atoms with Gasteiger partial charge in [0.25, 0.3) is 0 Å². The van der Waals surface area contributed by atoms with Crippen molar-refractivity contribution < 1.29 is 0 Å². The molecule has 0 bridgehead atoms. The zero-order valence-electron chi connectivity index (χ0n) is 5.21. The van der Waals surface area contributed by atoms with Crippen LogP contribution in [0.25, 0.3) is 0 Å². The van der Waals surface area contributed by atoms with Gasteiger partial charge >= 0.3 is 0 Å². The van der Waals surface area contributed by atoms with E-state index in [1.165, 1.54) is 6.42 Å². The van der Waals surface area contributed by atoms with Gasteiger partial charge in [0.15, 0.2) is 0 Å². The first-order valence-electron chi connectivity index (χ1n) is 2.41. The maximum absolute atomic E-state index is 2.15. The second-order valence-electron chi connectivity index (χ2n) is 1.21. The quantitative estimate of drug-likeness (QED) is 0.416. The molecule has 0 heterocycles. The molecule has 6 heavy (non-hydrogen) atoms. The Hall–Kier alpha value is 0.430. The van der Waals surface area contributed by atoms with Gasteiger partial charge in [-0.15, -0.1) is 8.58 Å². The van der Waals surface area contributed by atoms with Crippen LogP contribution in [0.2, 0.25) is 0 Å². The van der Waals surface area contributed by atoms with Crippen molar-refractivity contribution in [2.45, 2.75) is 20.3 Å². The average molecular weight is 106 g/mol. The van der Waals surface area contributed by atoms with Gasteiger partial charge in [0, 0.05) is 0 Å². The molecular formula is C5H15P. The normalized spacial score (nSPS) is 6.00. The third kappa shape index (κ3) is 282. The van der Waals surface area contributed by atoms with Crippen LogP contribution in [-0.2, 0) is 0 Å². The van der Waals surface area contributed by atoms with E-state index in [-0.39, 0.29) is 0 Å². The second kappa shape index (κ2) is 18.0. The van der Waals surface area contributed by atoms with Gasteiger partial charge in [-0.2, -0.15) is 0 Å². The van der Waals surface area contributed by atoms with Gasteiger partial charge in [-0.05, 0) is 13.3 Å². The van der Waals surface area contributed by atoms with Crippen molar-refractivity contribution in [3.05, 3.63) is 0 Å². The Labute approximate surface area is 43.1 Å². The van der Waals surface area contributed by atoms with Crippen LogP contribution in [0, 0.1) is 0 Å². The van der Waals surface area contributed by atoms with Gasteiger partial charge in [0.2, 0.25) is 0 Å². The third-order valence-electron chi connectivity index (χ3n) is 0. The van der Waals surface area contributed by atoms with Crippen molar-refractivity contribution in [1.82, 2.24) is 0 Å². The van der Waals surface area contributed by atoms with Gasteiger partial charge in [0.1, 0.15) is 0 Å². The first-order valence-corrected chi connectivity index (χ1v) is 4.41. The highest BCUT2D eigenvalue weighted by Crippen LogP contribution is 1.84. The molecule has 0 aromatic rings. The fourth-order valence-electron chi connectivity index (χ4n) is 0. The molecule has 40 valence electrons. The second-order valence-corrected chi connectivity index (χ2v) is 2.21. The van der Waals surface area contributed by atoms with Crippen molar-refractivity contribution in [3.8, 4) is 0 Å². The zero-order chi connectivity index (χ0) is 5.41. The lowest BCUT2D eigenvalue weighted by Crippen LogP contribution is -1.27. The summed E-state index contributed by atoms with van der Waals surface area (Å²) in [4.78, 5) is 0. The Bertz CT molecular complexity index is 5.90. The summed E-state index contributed by atoms with van der Waals surface area (Å²) in [6.45, 7) is 8.56. The van der Waals surface area contributed by atoms with E-state index in [1.54, 1.807) is 0 Å². The molecule has 0 nitrogen and oxygen atoms in total. The van der Waals surface area contributed by atoms with Crippen LogP contribution >= 0.6 is 8.58 Å². The van der Waals surface area contributed by atoms with Crippen molar-refractivity contribution >= 4 is 8.58 Å². The molecule has 0 fully saturated rings. The lowest BCUT2D eigenvalue weighted by molar-refractivity contribution is 1.09. The van der Waals surface area contributed by atoms with Crippen LogP contribution in [0.1, 0.15) is 20.3 Å². The predicted molar refractivity (Wildman–Crippen MR) is 36.1 cm³/mol. The molecule has 0 aliphatic heterocycles. The van der Waals surface area contributed by atoms with Crippen LogP contribution in [0.5, 0.6) is 0 Å². The van der Waals surface area contributed by atoms with E-state index in [4.69, 9.17) is 0 Å². The fraction of sp³-hybridized carbons (Fsp3) is 1.00. The first kappa shape index (κ1) is 9.66. The summed E-state index contributed by atoms with van der Waals surface area (Å²) in [5, 5.41) is 0. The zero-order valence-corrected chi connectivity index (χ0v) is 6.21. The maximum atomic E-state index is 2.15. The van der Waals surface area contributed by atoms with Crippen LogP contribution in [0.15, 0.2) is 0 Å². The van der Waals surface area contributed by atoms with Gasteiger partial charge in [0.05, 0.1) is 0 Å². The highest BCUT2D eigenvalue weighted by atomic mass is 31.1. The molecule has 0 amide bonds. The molecule has 0 spiro atoms. The molecule has 0 N–H and O–H groups in total. The summed E-state index contributed by atoms with van der Waals surface area (Å²) in [7, 11) is 1.08. The highest BCUT2D eigenvalue weighted by Gasteiger charge is 1.35. The van der Waals surface area contributed by atoms with Gasteiger partial charge in [-0.25, -0.2) is 0 Å². The molecule has 0 saturated carbocycles. The third-order valence-corrected chi connectivity index (χ3v) is 0. The van der Waals surface area contributed by atoms with Gasteiger partial charge in [-0.1, -0.05) is 20.3 Å². The fourth-order valence-corrected chi connectivity index (χ4v) is 0. The molecular weight excluding hydrogens is 91.0 g/mol. The van der Waals surface area contributed by atoms with Gasteiger partial charge in [-0.3, -0.25) is 0 Å². The van der Waals surface area contributed by atoms with E-state index < -0.39 is 0 Å². The molecule has 0 saturated heterocycles. The SMILES string of the molecule is CCC.CPC. The summed E-state index contributed by atoms with van der Waals surface area (Å²) in [6, 6.07) is 0. The molecule has 0 rings (SSSR count). The molecule has 0 radical (unpaired) electrons. The molecule has 0 atom stereocenters. The maximum Gasteiger partial charge on any atom is -0.0475 e. The number of hydrogen-bond donors (Lipinski definition) is 0. The number of hydrogen-bond acceptors (Lipinski definition) is 0. The lowest BCUT2D eigenvalue weighted by atomic mass is 10.6. The van der Waals surface area contributed by atoms with E-state index in [1.807, 2.05) is 0 Å². The van der Waals surface area contributed by atoms with E-state index in [0.717, 1.165) is 8.58 Å². The minimum absolute atomic E-state index is 1.08. The van der Waals surface area contributed by atoms with Crippen LogP contribution in [0.4, 0.5) is 0 Å². The van der Waals surface area contributed by atoms with Crippen LogP contribution in [0.3, 0.4) is 0 Å². The molecule has 0 aromatic heterocycles. The average Bonchev–Trinajstić information content (AvgIpc) is 1.39. The molecule has 1 heteroatoms. The smallest absolute Gasteiger partial charge is 0.0475 e. The van der Waals surface area contributed by atoms with Crippen LogP contribution in [-0.4, -0.2) is 13.3 Å². The predicted octanol–water partition coefficient (Wildman–Crippen LogP) is 2.34. The largest absolute Gasteiger partial charge is 0.129 e. The summed E-state index contributed by atoms with van der Waals surface area (Å²) in [5.74, 6) is 0. The Kier molecular flexibility index (Phi) is 29.1. The molecule has 0 unspecified atom stereocenters. The summed E-state index contributed by atoms with van der Waals surface area (Å²) in [6.07, 6.45) is 1.25. The van der Waals surface area contributed by atoms with Crippen molar-refractivity contribution in [2.75, 3.05) is 13.3 Å². The minimum Gasteiger partial charge on any atom is -0.129 e. The van der Waals surface area contributed by atoms with E-state index in [0.29, 0.717) is 0 Å². The molecule has 0 aromatic carbocycles. The Balaban J connectivity index is 0. The lowest BCUT2D eigenvalue weighted by Gasteiger charge is -1.50. The highest BCUT2D eigenvalue weighted by molar-refractivity contribution is 7.35. The topological polar surface area (TPSA) is 0 Å². The number of rotatable bonds is 0. The standard InChI is InChI=1S/C3H8.C2H7P/c2*1-3-2/h3H2,1-2H3;3H,1-2H3. The van der Waals surface area contributed by atoms with E-state index in [9.17, 15) is 0 Å². The Morgan fingerprint density at radius 1 is 1.17 bits per heavy atom. The summed E-state index contributed by atoms with van der Waals surface area (Å²) < 4.78 is 0. The van der Waals surface area contributed by atoms with Crippen molar-refractivity contribution in [1.29, 1.82) is 0 Å².